The first-order valence-corrected chi connectivity index (χ1v) is 25.1. The van der Waals surface area contributed by atoms with Crippen LogP contribution in [0.3, 0.4) is 0 Å². The number of benzene rings is 4. The first-order valence-electron chi connectivity index (χ1n) is 17.0. The maximum atomic E-state index is 12.7. The Hall–Kier alpha value is -6.11. The minimum Gasteiger partial charge on any atom is -0.505 e. The Morgan fingerprint density at radius 2 is 1.35 bits per heavy atom. The minimum atomic E-state index is -5.43. The van der Waals surface area contributed by atoms with Gasteiger partial charge < -0.3 is 14.8 Å². The van der Waals surface area contributed by atoms with Crippen LogP contribution in [-0.2, 0) is 54.8 Å². The summed E-state index contributed by atoms with van der Waals surface area (Å²) in [6, 6.07) is 9.40. The Morgan fingerprint density at radius 1 is 0.667 bits per heavy atom. The molecule has 6 aromatic rings. The quantitative estimate of drug-likeness (QED) is 0.0573. The van der Waals surface area contributed by atoms with Crippen LogP contribution >= 0.6 is 23.2 Å². The van der Waals surface area contributed by atoms with Crippen LogP contribution in [0.15, 0.2) is 105 Å². The molecule has 0 aliphatic rings. The highest BCUT2D eigenvalue weighted by Gasteiger charge is 2.26. The number of fused-ring (bicyclic) bond motifs is 1. The summed E-state index contributed by atoms with van der Waals surface area (Å²) in [5.74, 6) is -2.01. The highest BCUT2D eigenvalue weighted by Crippen LogP contribution is 2.46. The van der Waals surface area contributed by atoms with Gasteiger partial charge in [0.2, 0.25) is 27.4 Å². The lowest BCUT2D eigenvalue weighted by molar-refractivity contribution is 0.284. The van der Waals surface area contributed by atoms with Gasteiger partial charge in [0.25, 0.3) is 36.4 Å². The Kier molecular flexibility index (Phi) is 13.9. The maximum Gasteiger partial charge on any atom is 0.397 e. The number of nitrogens with zero attached hydrogens (tertiary/aromatic N) is 8. The molecule has 0 fully saturated rings. The number of phenols is 1. The number of rotatable bonds is 14. The number of aromatic hydroxyl groups is 1. The fourth-order valence-electron chi connectivity index (χ4n) is 5.41. The summed E-state index contributed by atoms with van der Waals surface area (Å²) < 4.78 is 170. The van der Waals surface area contributed by atoms with Crippen molar-refractivity contribution in [2.75, 3.05) is 19.5 Å². The summed E-state index contributed by atoms with van der Waals surface area (Å²) in [6.07, 6.45) is 0. The Labute approximate surface area is 379 Å². The molecule has 0 spiro atoms. The van der Waals surface area contributed by atoms with Crippen LogP contribution in [0.5, 0.6) is 11.8 Å². The van der Waals surface area contributed by atoms with E-state index >= 15 is 0 Å². The van der Waals surface area contributed by atoms with Crippen molar-refractivity contribution in [3.63, 3.8) is 0 Å². The van der Waals surface area contributed by atoms with Crippen LogP contribution in [0, 0.1) is 0 Å². The van der Waals surface area contributed by atoms with Gasteiger partial charge >= 0.3 is 10.4 Å². The van der Waals surface area contributed by atoms with Crippen LogP contribution in [0.4, 0.5) is 28.4 Å². The zero-order valence-electron chi connectivity index (χ0n) is 32.2. The van der Waals surface area contributed by atoms with Gasteiger partial charge in [0, 0.05) is 0 Å². The van der Waals surface area contributed by atoms with Gasteiger partial charge in [-0.25, -0.2) is 27.6 Å². The third kappa shape index (κ3) is 12.2. The predicted molar refractivity (Wildman–Crippen MR) is 223 cm³/mol. The molecule has 28 nitrogen and oxygen atoms in total. The third-order valence-corrected chi connectivity index (χ3v) is 13.2. The standard InChI is InChI=1S/C31H25Cl2N11O17S5/c1-60-31-40-27(33)39-30(42-31)36-20-13-18(63(48,49)50)9-14-10-22(65(54,55)56)24(25(45)23(14)20)44-43-19-12-16(5-6-21(19)64(51,52)53)35-29-38-26(32)37-28(41-29)34-15-3-2-4-17(11-15)62(46,47)8-7-61-66(57,58)59/h2-6,9-13,45H,7-8H2,1H3,(H,48,49,50)(H,51,52,53)(H,54,55,56)(H,57,58,59)(H,36,39,40,42)(H2,34,35,37,38,41). The summed E-state index contributed by atoms with van der Waals surface area (Å²) in [5, 5.41) is 17.2. The van der Waals surface area contributed by atoms with Gasteiger partial charge in [-0.3, -0.25) is 28.2 Å². The van der Waals surface area contributed by atoms with Crippen LogP contribution < -0.4 is 21.6 Å². The van der Waals surface area contributed by atoms with Gasteiger partial charge in [-0.05, 0) is 83.2 Å². The van der Waals surface area contributed by atoms with Crippen molar-refractivity contribution >= 4 is 113 Å². The van der Waals surface area contributed by atoms with Crippen LogP contribution in [0.1, 0.15) is 0 Å². The van der Waals surface area contributed by atoms with E-state index < -0.39 is 122 Å². The Balaban J connectivity index is 1.49. The van der Waals surface area contributed by atoms with Crippen molar-refractivity contribution in [1.29, 1.82) is 0 Å². The van der Waals surface area contributed by atoms with Crippen molar-refractivity contribution in [2.45, 2.75) is 19.6 Å². The number of azo groups is 1. The summed E-state index contributed by atoms with van der Waals surface area (Å²) in [5.41, 5.74) is -3.64. The van der Waals surface area contributed by atoms with Crippen molar-refractivity contribution in [1.82, 2.24) is 29.9 Å². The second kappa shape index (κ2) is 18.6. The number of phenolic OH excluding ortho intramolecular Hbond substituents is 1. The van der Waals surface area contributed by atoms with Gasteiger partial charge in [0.1, 0.15) is 21.2 Å². The lowest BCUT2D eigenvalue weighted by Gasteiger charge is -2.12. The number of ether oxygens (including phenoxy) is 1. The van der Waals surface area contributed by atoms with Gasteiger partial charge in [-0.15, -0.1) is 10.2 Å². The van der Waals surface area contributed by atoms with Gasteiger partial charge in [-0.1, -0.05) is 6.07 Å². The lowest BCUT2D eigenvalue weighted by atomic mass is 10.1. The van der Waals surface area contributed by atoms with Gasteiger partial charge in [0.05, 0.1) is 51.7 Å². The number of sulfone groups is 1. The second-order valence-corrected chi connectivity index (χ2v) is 20.7. The van der Waals surface area contributed by atoms with Crippen LogP contribution in [0.2, 0.25) is 10.6 Å². The highest BCUT2D eigenvalue weighted by atomic mass is 35.5. The Bertz CT molecular complexity index is 3810. The Morgan fingerprint density at radius 3 is 2.00 bits per heavy atom. The van der Waals surface area contributed by atoms with E-state index in [0.29, 0.717) is 12.1 Å². The number of methoxy groups -OCH3 is 1. The van der Waals surface area contributed by atoms with Crippen molar-refractivity contribution < 1.29 is 74.3 Å². The van der Waals surface area contributed by atoms with Crippen molar-refractivity contribution in [3.8, 4) is 11.8 Å². The molecule has 4 aromatic carbocycles. The molecule has 0 aliphatic heterocycles. The first kappa shape index (κ1) is 49.3. The number of H-pyrrole nitrogens is 3. The normalized spacial score (nSPS) is 13.8. The molecule has 0 aliphatic carbocycles. The van der Waals surface area contributed by atoms with E-state index in [2.05, 4.69) is 59.3 Å². The second-order valence-electron chi connectivity index (χ2n) is 12.6. The van der Waals surface area contributed by atoms with E-state index in [1.54, 1.807) is 0 Å². The monoisotopic (exact) mass is 1050 g/mol. The van der Waals surface area contributed by atoms with E-state index in [9.17, 15) is 60.9 Å². The van der Waals surface area contributed by atoms with Crippen LogP contribution in [0.25, 0.3) is 10.8 Å². The number of halogens is 2. The van der Waals surface area contributed by atoms with E-state index in [1.807, 2.05) is 0 Å². The number of aromatic nitrogens is 6. The molecule has 350 valence electrons. The molecular weight excluding hydrogens is 1030 g/mol. The highest BCUT2D eigenvalue weighted by molar-refractivity contribution is 7.91. The van der Waals surface area contributed by atoms with E-state index in [-0.39, 0.29) is 38.8 Å². The fourth-order valence-corrected chi connectivity index (χ4v) is 9.06. The van der Waals surface area contributed by atoms with Gasteiger partial charge in [0.15, 0.2) is 15.6 Å². The molecule has 0 unspecified atom stereocenters. The predicted octanol–water partition coefficient (Wildman–Crippen LogP) is 2.48. The smallest absolute Gasteiger partial charge is 0.397 e. The summed E-state index contributed by atoms with van der Waals surface area (Å²) in [6.45, 7) is -0.892. The molecular formula is C31H25Cl2N11O17S5. The number of hydrogen-bond acceptors (Lipinski definition) is 21. The van der Waals surface area contributed by atoms with E-state index in [4.69, 9.17) is 32.5 Å². The zero-order chi connectivity index (χ0) is 48.6. The largest absolute Gasteiger partial charge is 0.505 e. The molecule has 0 amide bonds. The lowest BCUT2D eigenvalue weighted by Crippen LogP contribution is -2.26. The number of hydrogen-bond donors (Lipinski definition) is 8. The SMILES string of the molecule is COc1nc(Cl)nc(=Nc2cc(S(=O)(=O)O)cc3cc(S(=O)(=O)O)c(N=Nc4cc(N=c5[nH]c(Cl)nc(=Nc6cccc(S(=O)(=O)CCOS(=O)(=O)O)c6)[nH]5)ccc4S(=O)(=O)O)c(O)c23)[nH]1. The topological polar surface area (TPSA) is 438 Å². The van der Waals surface area contributed by atoms with E-state index in [1.165, 1.54) is 25.3 Å². The zero-order valence-corrected chi connectivity index (χ0v) is 37.8. The van der Waals surface area contributed by atoms with Gasteiger partial charge in [-0.2, -0.15) is 48.6 Å². The minimum absolute atomic E-state index is 0.0261. The molecule has 0 radical (unpaired) electrons. The molecule has 66 heavy (non-hydrogen) atoms. The molecule has 6 rings (SSSR count). The molecule has 0 saturated heterocycles. The molecule has 2 heterocycles. The molecule has 0 atom stereocenters. The molecule has 35 heteroatoms. The summed E-state index contributed by atoms with van der Waals surface area (Å²) in [7, 11) is -23.5. The van der Waals surface area contributed by atoms with Crippen molar-refractivity contribution in [3.05, 3.63) is 88.1 Å². The van der Waals surface area contributed by atoms with Crippen molar-refractivity contribution in [2.24, 2.45) is 25.2 Å². The molecule has 0 saturated carbocycles. The summed E-state index contributed by atoms with van der Waals surface area (Å²) >= 11 is 12.1. The van der Waals surface area contributed by atoms with E-state index in [0.717, 1.165) is 30.3 Å². The van der Waals surface area contributed by atoms with Crippen LogP contribution in [-0.4, -0.2) is 115 Å². The average molecular weight is 1050 g/mol. The third-order valence-electron chi connectivity index (χ3n) is 8.08. The first-order chi connectivity index (χ1) is 30.6. The maximum absolute atomic E-state index is 12.7. The summed E-state index contributed by atoms with van der Waals surface area (Å²) in [4.78, 5) is 28.2. The fraction of sp³-hybridized carbons (Fsp3) is 0.0968. The molecule has 2 aromatic heterocycles. The molecule has 8 N–H and O–H groups in total. The molecule has 0 bridgehead atoms. The average Bonchev–Trinajstić information content (AvgIpc) is 3.18. The number of nitrogens with one attached hydrogen (secondary N) is 3. The number of aromatic amines is 3.